The Bertz CT molecular complexity index is 1230. The number of fused-ring (bicyclic) bond motifs is 1. The fourth-order valence-electron chi connectivity index (χ4n) is 4.75. The topological polar surface area (TPSA) is 78.7 Å². The molecule has 3 aromatic heterocycles. The van der Waals surface area contributed by atoms with Crippen LogP contribution in [0.3, 0.4) is 0 Å². The van der Waals surface area contributed by atoms with Crippen molar-refractivity contribution in [3.05, 3.63) is 41.2 Å². The Morgan fingerprint density at radius 3 is 2.60 bits per heavy atom. The first kappa shape index (κ1) is 24.9. The zero-order valence-electron chi connectivity index (χ0n) is 21.2. The Hall–Kier alpha value is -3.20. The fourth-order valence-corrected chi connectivity index (χ4v) is 4.75. The highest BCUT2D eigenvalue weighted by Crippen LogP contribution is 2.36. The summed E-state index contributed by atoms with van der Waals surface area (Å²) in [7, 11) is 2.98. The molecule has 3 aromatic rings. The van der Waals surface area contributed by atoms with Crippen LogP contribution < -0.4 is 4.74 Å². The third kappa shape index (κ3) is 4.69. The van der Waals surface area contributed by atoms with E-state index in [9.17, 15) is 9.18 Å². The number of amides is 1. The molecule has 8 nitrogen and oxygen atoms in total. The summed E-state index contributed by atoms with van der Waals surface area (Å²) in [6.07, 6.45) is 1.25. The maximum Gasteiger partial charge on any atom is 0.409 e. The molecule has 1 fully saturated rings. The SMILES string of the molecule is COC(=O)N1CC(OCCF)C(n2cc(C)c3nc(-c4ccc(C(C)C)nc4OC)c(C)cc32)C1. The van der Waals surface area contributed by atoms with E-state index in [2.05, 4.69) is 29.5 Å². The lowest BCUT2D eigenvalue weighted by Crippen LogP contribution is -2.30. The van der Waals surface area contributed by atoms with Crippen LogP contribution in [0.5, 0.6) is 5.88 Å². The minimum absolute atomic E-state index is 0.0189. The average Bonchev–Trinajstić information content (AvgIpc) is 3.41. The summed E-state index contributed by atoms with van der Waals surface area (Å²) in [6.45, 7) is 8.35. The van der Waals surface area contributed by atoms with Crippen LogP contribution in [0.4, 0.5) is 9.18 Å². The van der Waals surface area contributed by atoms with Gasteiger partial charge >= 0.3 is 6.09 Å². The summed E-state index contributed by atoms with van der Waals surface area (Å²) in [5.41, 5.74) is 6.35. The van der Waals surface area contributed by atoms with Crippen LogP contribution in [-0.2, 0) is 9.47 Å². The third-order valence-electron chi connectivity index (χ3n) is 6.54. The molecule has 188 valence electrons. The molecule has 1 aliphatic rings. The van der Waals surface area contributed by atoms with Gasteiger partial charge < -0.3 is 23.7 Å². The van der Waals surface area contributed by atoms with Gasteiger partial charge in [0.2, 0.25) is 5.88 Å². The van der Waals surface area contributed by atoms with Crippen molar-refractivity contribution in [1.82, 2.24) is 19.4 Å². The molecule has 0 bridgehead atoms. The van der Waals surface area contributed by atoms with E-state index in [0.29, 0.717) is 19.0 Å². The van der Waals surface area contributed by atoms with E-state index >= 15 is 0 Å². The molecule has 0 N–H and O–H groups in total. The molecule has 4 rings (SSSR count). The minimum Gasteiger partial charge on any atom is -0.480 e. The molecular formula is C26H33FN4O4. The first-order valence-corrected chi connectivity index (χ1v) is 11.8. The molecule has 0 spiro atoms. The van der Waals surface area contributed by atoms with Gasteiger partial charge in [0, 0.05) is 18.4 Å². The lowest BCUT2D eigenvalue weighted by Gasteiger charge is -2.21. The molecule has 35 heavy (non-hydrogen) atoms. The Kier molecular flexibility index (Phi) is 7.25. The molecule has 4 heterocycles. The van der Waals surface area contributed by atoms with Crippen molar-refractivity contribution in [3.63, 3.8) is 0 Å². The summed E-state index contributed by atoms with van der Waals surface area (Å²) in [6, 6.07) is 5.93. The van der Waals surface area contributed by atoms with E-state index in [1.54, 1.807) is 12.0 Å². The highest BCUT2D eigenvalue weighted by atomic mass is 19.1. The number of aromatic nitrogens is 3. The summed E-state index contributed by atoms with van der Waals surface area (Å²) in [4.78, 5) is 23.5. The number of aryl methyl sites for hydroxylation is 2. The van der Waals surface area contributed by atoms with Gasteiger partial charge in [-0.15, -0.1) is 0 Å². The number of halogens is 1. The molecule has 1 amide bonds. The molecule has 9 heteroatoms. The number of alkyl halides is 1. The van der Waals surface area contributed by atoms with Gasteiger partial charge in [0.05, 0.1) is 61.8 Å². The molecule has 1 saturated heterocycles. The number of likely N-dealkylation sites (tertiary alicyclic amines) is 1. The van der Waals surface area contributed by atoms with Gasteiger partial charge in [0.1, 0.15) is 6.67 Å². The van der Waals surface area contributed by atoms with Crippen molar-refractivity contribution in [2.45, 2.75) is 45.8 Å². The zero-order valence-corrected chi connectivity index (χ0v) is 21.2. The Morgan fingerprint density at radius 2 is 1.94 bits per heavy atom. The van der Waals surface area contributed by atoms with E-state index in [4.69, 9.17) is 19.2 Å². The van der Waals surface area contributed by atoms with Crippen LogP contribution in [0, 0.1) is 13.8 Å². The number of hydrogen-bond donors (Lipinski definition) is 0. The van der Waals surface area contributed by atoms with Gasteiger partial charge in [0.15, 0.2) is 0 Å². The molecule has 0 saturated carbocycles. The number of methoxy groups -OCH3 is 2. The maximum absolute atomic E-state index is 12.9. The first-order valence-electron chi connectivity index (χ1n) is 11.8. The number of rotatable bonds is 7. The highest BCUT2D eigenvalue weighted by molar-refractivity contribution is 5.85. The normalized spacial score (nSPS) is 18.0. The van der Waals surface area contributed by atoms with Gasteiger partial charge in [-0.25, -0.2) is 19.2 Å². The van der Waals surface area contributed by atoms with Crippen LogP contribution in [-0.4, -0.2) is 72.2 Å². The van der Waals surface area contributed by atoms with Crippen LogP contribution in [0.2, 0.25) is 0 Å². The number of carbonyl (C=O) groups is 1. The van der Waals surface area contributed by atoms with Crippen molar-refractivity contribution in [2.75, 3.05) is 40.6 Å². The molecule has 0 radical (unpaired) electrons. The minimum atomic E-state index is -0.581. The van der Waals surface area contributed by atoms with Crippen molar-refractivity contribution in [2.24, 2.45) is 0 Å². The molecule has 0 aliphatic carbocycles. The van der Waals surface area contributed by atoms with E-state index < -0.39 is 12.8 Å². The average molecular weight is 485 g/mol. The quantitative estimate of drug-likeness (QED) is 0.478. The second kappa shape index (κ2) is 10.2. The molecule has 2 atom stereocenters. The van der Waals surface area contributed by atoms with Gasteiger partial charge in [0.25, 0.3) is 0 Å². The van der Waals surface area contributed by atoms with Gasteiger partial charge in [-0.05, 0) is 49.1 Å². The number of carbonyl (C=O) groups excluding carboxylic acids is 1. The molecule has 0 aromatic carbocycles. The second-order valence-electron chi connectivity index (χ2n) is 9.23. The van der Waals surface area contributed by atoms with Crippen molar-refractivity contribution in [1.29, 1.82) is 0 Å². The Morgan fingerprint density at radius 1 is 1.17 bits per heavy atom. The second-order valence-corrected chi connectivity index (χ2v) is 9.23. The molecule has 2 unspecified atom stereocenters. The third-order valence-corrected chi connectivity index (χ3v) is 6.54. The summed E-state index contributed by atoms with van der Waals surface area (Å²) in [5, 5.41) is 0. The lowest BCUT2D eigenvalue weighted by atomic mass is 10.0. The van der Waals surface area contributed by atoms with Crippen LogP contribution in [0.15, 0.2) is 24.4 Å². The first-order chi connectivity index (χ1) is 16.8. The molecule has 1 aliphatic heterocycles. The monoisotopic (exact) mass is 484 g/mol. The van der Waals surface area contributed by atoms with Crippen LogP contribution in [0.25, 0.3) is 22.3 Å². The summed E-state index contributed by atoms with van der Waals surface area (Å²) in [5.74, 6) is 0.835. The Labute approximate surface area is 205 Å². The smallest absolute Gasteiger partial charge is 0.409 e. The Balaban J connectivity index is 1.78. The van der Waals surface area contributed by atoms with Gasteiger partial charge in [-0.1, -0.05) is 13.8 Å². The number of ether oxygens (including phenoxy) is 3. The predicted molar refractivity (Wildman–Crippen MR) is 132 cm³/mol. The van der Waals surface area contributed by atoms with Crippen LogP contribution in [0.1, 0.15) is 42.6 Å². The fraction of sp³-hybridized carbons (Fsp3) is 0.500. The van der Waals surface area contributed by atoms with Gasteiger partial charge in [-0.2, -0.15) is 0 Å². The maximum atomic E-state index is 12.9. The summed E-state index contributed by atoms with van der Waals surface area (Å²) >= 11 is 0. The number of nitrogens with zero attached hydrogens (tertiary/aromatic N) is 4. The predicted octanol–water partition coefficient (Wildman–Crippen LogP) is 4.82. The number of pyridine rings is 2. The number of hydrogen-bond acceptors (Lipinski definition) is 6. The van der Waals surface area contributed by atoms with Crippen molar-refractivity contribution in [3.8, 4) is 17.1 Å². The highest BCUT2D eigenvalue weighted by Gasteiger charge is 2.38. The molecular weight excluding hydrogens is 451 g/mol. The van der Waals surface area contributed by atoms with Crippen LogP contribution >= 0.6 is 0 Å². The van der Waals surface area contributed by atoms with E-state index in [1.165, 1.54) is 7.11 Å². The summed E-state index contributed by atoms with van der Waals surface area (Å²) < 4.78 is 31.3. The van der Waals surface area contributed by atoms with E-state index in [-0.39, 0.29) is 24.7 Å². The van der Waals surface area contributed by atoms with Crippen molar-refractivity contribution < 1.29 is 23.4 Å². The lowest BCUT2D eigenvalue weighted by molar-refractivity contribution is 0.0299. The van der Waals surface area contributed by atoms with Gasteiger partial charge in [-0.3, -0.25) is 0 Å². The van der Waals surface area contributed by atoms with E-state index in [1.807, 2.05) is 32.2 Å². The van der Waals surface area contributed by atoms with Crippen molar-refractivity contribution >= 4 is 17.1 Å². The van der Waals surface area contributed by atoms with E-state index in [0.717, 1.165) is 39.1 Å². The zero-order chi connectivity index (χ0) is 25.3. The standard InChI is InChI=1S/C26H33FN4O4/c1-15(2)19-8-7-18(25(28-19)33-5)23-16(3)11-20-24(29-23)17(4)12-31(20)21-13-30(26(32)34-6)14-22(21)35-10-9-27/h7-8,11-12,15,21-22H,9-10,13-14H2,1-6H3. The largest absolute Gasteiger partial charge is 0.480 e.